The fraction of sp³-hybridized carbons (Fsp3) is 0.526. The highest BCUT2D eigenvalue weighted by molar-refractivity contribution is 7.99. The third kappa shape index (κ3) is 4.06. The largest absolute Gasteiger partial charge is 0.342 e. The van der Waals surface area contributed by atoms with E-state index in [0.29, 0.717) is 34.3 Å². The van der Waals surface area contributed by atoms with Crippen molar-refractivity contribution in [2.24, 2.45) is 5.92 Å². The Morgan fingerprint density at radius 3 is 2.72 bits per heavy atom. The number of likely N-dealkylation sites (tertiary alicyclic amines) is 1. The van der Waals surface area contributed by atoms with Crippen LogP contribution < -0.4 is 5.56 Å². The Hall–Kier alpha value is -1.82. The molecule has 3 rings (SSSR count). The molecule has 0 spiro atoms. The molecule has 2 aromatic rings. The van der Waals surface area contributed by atoms with Gasteiger partial charge in [0.25, 0.3) is 5.56 Å². The lowest BCUT2D eigenvalue weighted by molar-refractivity contribution is -0.129. The minimum Gasteiger partial charge on any atom is -0.342 e. The van der Waals surface area contributed by atoms with Gasteiger partial charge in [-0.25, -0.2) is 4.98 Å². The van der Waals surface area contributed by atoms with E-state index < -0.39 is 0 Å². The van der Waals surface area contributed by atoms with E-state index in [1.807, 2.05) is 36.1 Å². The van der Waals surface area contributed by atoms with E-state index in [1.165, 1.54) is 11.8 Å². The van der Waals surface area contributed by atoms with Crippen molar-refractivity contribution in [3.63, 3.8) is 0 Å². The molecule has 1 saturated heterocycles. The average Bonchev–Trinajstić information content (AvgIpc) is 2.63. The lowest BCUT2D eigenvalue weighted by Gasteiger charge is -2.30. The molecule has 0 atom stereocenters. The number of carbonyl (C=O) groups excluding carboxylic acids is 1. The summed E-state index contributed by atoms with van der Waals surface area (Å²) in [5.41, 5.74) is 0.677. The molecule has 0 radical (unpaired) electrons. The number of aromatic nitrogens is 2. The third-order valence-corrected chi connectivity index (χ3v) is 5.70. The van der Waals surface area contributed by atoms with Crippen molar-refractivity contribution in [2.45, 2.75) is 44.8 Å². The number of piperidine rings is 1. The lowest BCUT2D eigenvalue weighted by Crippen LogP contribution is -2.39. The Kier molecular flexibility index (Phi) is 5.78. The SMILES string of the molecule is CCCn1c(SCC(=O)N2CCC(C)CC2)nc2ccccc2c1=O. The van der Waals surface area contributed by atoms with Gasteiger partial charge in [0, 0.05) is 19.6 Å². The van der Waals surface area contributed by atoms with Gasteiger partial charge in [0.15, 0.2) is 5.16 Å². The van der Waals surface area contributed by atoms with Gasteiger partial charge in [-0.3, -0.25) is 14.2 Å². The smallest absolute Gasteiger partial charge is 0.262 e. The van der Waals surface area contributed by atoms with Crippen molar-refractivity contribution in [1.82, 2.24) is 14.5 Å². The summed E-state index contributed by atoms with van der Waals surface area (Å²) in [5, 5.41) is 1.28. The number of nitrogens with zero attached hydrogens (tertiary/aromatic N) is 3. The zero-order chi connectivity index (χ0) is 17.8. The average molecular weight is 359 g/mol. The topological polar surface area (TPSA) is 55.2 Å². The molecule has 134 valence electrons. The molecule has 0 bridgehead atoms. The molecule has 1 fully saturated rings. The first-order chi connectivity index (χ1) is 12.1. The van der Waals surface area contributed by atoms with Gasteiger partial charge < -0.3 is 4.90 Å². The van der Waals surface area contributed by atoms with E-state index in [0.717, 1.165) is 32.4 Å². The summed E-state index contributed by atoms with van der Waals surface area (Å²) in [4.78, 5) is 31.8. The van der Waals surface area contributed by atoms with Crippen LogP contribution in [0.4, 0.5) is 0 Å². The zero-order valence-electron chi connectivity index (χ0n) is 14.9. The Balaban J connectivity index is 1.79. The molecule has 1 aromatic carbocycles. The van der Waals surface area contributed by atoms with E-state index in [-0.39, 0.29) is 11.5 Å². The molecule has 2 heterocycles. The summed E-state index contributed by atoms with van der Waals surface area (Å²) in [7, 11) is 0. The van der Waals surface area contributed by atoms with E-state index in [2.05, 4.69) is 11.9 Å². The van der Waals surface area contributed by atoms with Gasteiger partial charge >= 0.3 is 0 Å². The fourth-order valence-electron chi connectivity index (χ4n) is 3.15. The molecule has 0 saturated carbocycles. The summed E-state index contributed by atoms with van der Waals surface area (Å²) in [5.74, 6) is 1.18. The first kappa shape index (κ1) is 18.0. The van der Waals surface area contributed by atoms with Crippen molar-refractivity contribution >= 4 is 28.6 Å². The summed E-state index contributed by atoms with van der Waals surface area (Å²) in [6, 6.07) is 7.40. The maximum absolute atomic E-state index is 12.7. The predicted molar refractivity (Wildman–Crippen MR) is 102 cm³/mol. The second-order valence-electron chi connectivity index (χ2n) is 6.72. The fourth-order valence-corrected chi connectivity index (χ4v) is 4.08. The molecule has 5 nitrogen and oxygen atoms in total. The van der Waals surface area contributed by atoms with Crippen molar-refractivity contribution < 1.29 is 4.79 Å². The monoisotopic (exact) mass is 359 g/mol. The van der Waals surface area contributed by atoms with E-state index in [4.69, 9.17) is 0 Å². The number of amides is 1. The van der Waals surface area contributed by atoms with Gasteiger partial charge in [-0.2, -0.15) is 0 Å². The lowest BCUT2D eigenvalue weighted by atomic mass is 9.99. The molecule has 1 aliphatic heterocycles. The number of benzene rings is 1. The van der Waals surface area contributed by atoms with Crippen molar-refractivity contribution in [3.05, 3.63) is 34.6 Å². The highest BCUT2D eigenvalue weighted by atomic mass is 32.2. The molecule has 0 aliphatic carbocycles. The molecule has 0 unspecified atom stereocenters. The standard InChI is InChI=1S/C19H25N3O2S/c1-3-10-22-18(24)15-6-4-5-7-16(15)20-19(22)25-13-17(23)21-11-8-14(2)9-12-21/h4-7,14H,3,8-13H2,1-2H3. The van der Waals surface area contributed by atoms with E-state index >= 15 is 0 Å². The maximum atomic E-state index is 12.7. The first-order valence-corrected chi connectivity index (χ1v) is 9.99. The van der Waals surface area contributed by atoms with Gasteiger partial charge in [0.05, 0.1) is 16.7 Å². The Morgan fingerprint density at radius 2 is 2.00 bits per heavy atom. The number of thioether (sulfide) groups is 1. The van der Waals surface area contributed by atoms with Crippen LogP contribution in [-0.2, 0) is 11.3 Å². The minimum absolute atomic E-state index is 0.0193. The highest BCUT2D eigenvalue weighted by Crippen LogP contribution is 2.21. The Bertz CT molecular complexity index is 810. The van der Waals surface area contributed by atoms with Crippen LogP contribution in [0.25, 0.3) is 10.9 Å². The summed E-state index contributed by atoms with van der Waals surface area (Å²) in [6.07, 6.45) is 3.00. The maximum Gasteiger partial charge on any atom is 0.262 e. The Labute approximate surface area is 152 Å². The zero-order valence-corrected chi connectivity index (χ0v) is 15.7. The predicted octanol–water partition coefficient (Wildman–Crippen LogP) is 3.16. The first-order valence-electron chi connectivity index (χ1n) is 9.00. The van der Waals surface area contributed by atoms with Crippen molar-refractivity contribution in [3.8, 4) is 0 Å². The molecular weight excluding hydrogens is 334 g/mol. The number of para-hydroxylation sites is 1. The molecule has 25 heavy (non-hydrogen) atoms. The van der Waals surface area contributed by atoms with Gasteiger partial charge in [-0.1, -0.05) is 37.7 Å². The van der Waals surface area contributed by atoms with Crippen LogP contribution in [0.1, 0.15) is 33.1 Å². The highest BCUT2D eigenvalue weighted by Gasteiger charge is 2.21. The van der Waals surface area contributed by atoms with Crippen LogP contribution in [0.5, 0.6) is 0 Å². The second-order valence-corrected chi connectivity index (χ2v) is 7.66. The molecule has 1 aromatic heterocycles. The van der Waals surface area contributed by atoms with Gasteiger partial charge in [0.1, 0.15) is 0 Å². The number of hydrogen-bond acceptors (Lipinski definition) is 4. The van der Waals surface area contributed by atoms with Crippen molar-refractivity contribution in [1.29, 1.82) is 0 Å². The van der Waals surface area contributed by atoms with E-state index in [9.17, 15) is 9.59 Å². The van der Waals surface area contributed by atoms with Crippen LogP contribution in [0, 0.1) is 5.92 Å². The molecule has 0 N–H and O–H groups in total. The van der Waals surface area contributed by atoms with Gasteiger partial charge in [0.2, 0.25) is 5.91 Å². The van der Waals surface area contributed by atoms with Crippen LogP contribution in [0.3, 0.4) is 0 Å². The summed E-state index contributed by atoms with van der Waals surface area (Å²) in [6.45, 7) is 6.57. The van der Waals surface area contributed by atoms with Crippen LogP contribution in [-0.4, -0.2) is 39.2 Å². The van der Waals surface area contributed by atoms with Gasteiger partial charge in [-0.05, 0) is 37.3 Å². The van der Waals surface area contributed by atoms with Gasteiger partial charge in [-0.15, -0.1) is 0 Å². The number of fused-ring (bicyclic) bond motifs is 1. The molecule has 1 aliphatic rings. The van der Waals surface area contributed by atoms with Crippen LogP contribution in [0.15, 0.2) is 34.2 Å². The van der Waals surface area contributed by atoms with Crippen LogP contribution >= 0.6 is 11.8 Å². The summed E-state index contributed by atoms with van der Waals surface area (Å²) < 4.78 is 1.71. The number of carbonyl (C=O) groups is 1. The quantitative estimate of drug-likeness (QED) is 0.608. The summed E-state index contributed by atoms with van der Waals surface area (Å²) >= 11 is 1.38. The normalized spacial score (nSPS) is 15.7. The molecule has 6 heteroatoms. The third-order valence-electron chi connectivity index (χ3n) is 4.73. The minimum atomic E-state index is -0.0193. The number of rotatable bonds is 5. The number of hydrogen-bond donors (Lipinski definition) is 0. The Morgan fingerprint density at radius 1 is 1.28 bits per heavy atom. The van der Waals surface area contributed by atoms with Crippen LogP contribution in [0.2, 0.25) is 0 Å². The molecule has 1 amide bonds. The second kappa shape index (κ2) is 8.04. The van der Waals surface area contributed by atoms with E-state index in [1.54, 1.807) is 4.57 Å². The van der Waals surface area contributed by atoms with Crippen molar-refractivity contribution in [2.75, 3.05) is 18.8 Å². The molecular formula is C19H25N3O2S.